The summed E-state index contributed by atoms with van der Waals surface area (Å²) in [5, 5.41) is 3.15. The summed E-state index contributed by atoms with van der Waals surface area (Å²) in [6.07, 6.45) is 8.59. The number of likely N-dealkylation sites (N-methyl/N-ethyl adjacent to an activating group) is 1. The van der Waals surface area contributed by atoms with Gasteiger partial charge >= 0.3 is 0 Å². The number of hydrogen-bond acceptors (Lipinski definition) is 2. The van der Waals surface area contributed by atoms with Gasteiger partial charge < -0.3 is 5.32 Å². The average Bonchev–Trinajstić information content (AvgIpc) is 2.27. The third-order valence-electron chi connectivity index (χ3n) is 3.28. The predicted molar refractivity (Wildman–Crippen MR) is 67.4 cm³/mol. The van der Waals surface area contributed by atoms with Crippen LogP contribution in [0.15, 0.2) is 0 Å². The SMILES string of the molecule is CCCCN(C)CC(=O)NC1CCCCC1. The molecule has 0 aliphatic heterocycles. The number of rotatable bonds is 6. The van der Waals surface area contributed by atoms with Crippen LogP contribution in [0, 0.1) is 0 Å². The van der Waals surface area contributed by atoms with Gasteiger partial charge in [0.2, 0.25) is 5.91 Å². The van der Waals surface area contributed by atoms with Crippen LogP contribution in [0.1, 0.15) is 51.9 Å². The summed E-state index contributed by atoms with van der Waals surface area (Å²) >= 11 is 0. The highest BCUT2D eigenvalue weighted by atomic mass is 16.2. The third kappa shape index (κ3) is 5.50. The Balaban J connectivity index is 2.13. The average molecular weight is 226 g/mol. The van der Waals surface area contributed by atoms with Crippen LogP contribution in [0.2, 0.25) is 0 Å². The van der Waals surface area contributed by atoms with Crippen LogP contribution in [-0.2, 0) is 4.79 Å². The van der Waals surface area contributed by atoms with Gasteiger partial charge in [0.1, 0.15) is 0 Å². The molecule has 0 radical (unpaired) electrons. The fraction of sp³-hybridized carbons (Fsp3) is 0.923. The van der Waals surface area contributed by atoms with Gasteiger partial charge in [-0.2, -0.15) is 0 Å². The van der Waals surface area contributed by atoms with E-state index in [1.165, 1.54) is 44.9 Å². The summed E-state index contributed by atoms with van der Waals surface area (Å²) in [6, 6.07) is 0.445. The lowest BCUT2D eigenvalue weighted by atomic mass is 9.95. The Labute approximate surface area is 99.6 Å². The van der Waals surface area contributed by atoms with Crippen LogP contribution in [0.25, 0.3) is 0 Å². The van der Waals surface area contributed by atoms with Crippen molar-refractivity contribution in [2.75, 3.05) is 20.1 Å². The first-order chi connectivity index (χ1) is 7.72. The zero-order valence-electron chi connectivity index (χ0n) is 10.8. The lowest BCUT2D eigenvalue weighted by Gasteiger charge is -2.24. The van der Waals surface area contributed by atoms with Crippen molar-refractivity contribution < 1.29 is 4.79 Å². The van der Waals surface area contributed by atoms with Crippen LogP contribution in [0.4, 0.5) is 0 Å². The first-order valence-electron chi connectivity index (χ1n) is 6.70. The molecular weight excluding hydrogens is 200 g/mol. The van der Waals surface area contributed by atoms with Crippen molar-refractivity contribution in [3.63, 3.8) is 0 Å². The highest BCUT2D eigenvalue weighted by Crippen LogP contribution is 2.17. The van der Waals surface area contributed by atoms with E-state index in [0.717, 1.165) is 6.54 Å². The van der Waals surface area contributed by atoms with E-state index in [-0.39, 0.29) is 5.91 Å². The Morgan fingerprint density at radius 3 is 2.62 bits per heavy atom. The minimum absolute atomic E-state index is 0.200. The van der Waals surface area contributed by atoms with Crippen LogP contribution < -0.4 is 5.32 Å². The molecule has 0 unspecified atom stereocenters. The second-order valence-electron chi connectivity index (χ2n) is 4.99. The lowest BCUT2D eigenvalue weighted by Crippen LogP contribution is -2.42. The molecule has 16 heavy (non-hydrogen) atoms. The highest BCUT2D eigenvalue weighted by molar-refractivity contribution is 5.78. The summed E-state index contributed by atoms with van der Waals surface area (Å²) in [5.74, 6) is 0.200. The molecule has 3 nitrogen and oxygen atoms in total. The third-order valence-corrected chi connectivity index (χ3v) is 3.28. The fourth-order valence-corrected chi connectivity index (χ4v) is 2.27. The second-order valence-corrected chi connectivity index (χ2v) is 4.99. The van der Waals surface area contributed by atoms with E-state index in [1.807, 2.05) is 7.05 Å². The molecule has 94 valence electrons. The Morgan fingerprint density at radius 2 is 2.00 bits per heavy atom. The molecule has 0 aromatic rings. The lowest BCUT2D eigenvalue weighted by molar-refractivity contribution is -0.122. The van der Waals surface area contributed by atoms with E-state index < -0.39 is 0 Å². The molecule has 1 N–H and O–H groups in total. The monoisotopic (exact) mass is 226 g/mol. The topological polar surface area (TPSA) is 32.3 Å². The van der Waals surface area contributed by atoms with E-state index in [0.29, 0.717) is 12.6 Å². The first kappa shape index (κ1) is 13.5. The Morgan fingerprint density at radius 1 is 1.31 bits per heavy atom. The maximum Gasteiger partial charge on any atom is 0.234 e. The van der Waals surface area contributed by atoms with Gasteiger partial charge in [0.05, 0.1) is 6.54 Å². The molecule has 1 rings (SSSR count). The molecule has 0 aromatic carbocycles. The Kier molecular flexibility index (Phi) is 6.46. The summed E-state index contributed by atoms with van der Waals surface area (Å²) in [6.45, 7) is 3.75. The fourth-order valence-electron chi connectivity index (χ4n) is 2.27. The summed E-state index contributed by atoms with van der Waals surface area (Å²) < 4.78 is 0. The quantitative estimate of drug-likeness (QED) is 0.753. The van der Waals surface area contributed by atoms with E-state index in [9.17, 15) is 4.79 Å². The number of nitrogens with zero attached hydrogens (tertiary/aromatic N) is 1. The summed E-state index contributed by atoms with van der Waals surface area (Å²) in [5.41, 5.74) is 0. The van der Waals surface area contributed by atoms with Crippen LogP contribution in [0.3, 0.4) is 0 Å². The van der Waals surface area contributed by atoms with Gasteiger partial charge in [-0.1, -0.05) is 32.6 Å². The summed E-state index contributed by atoms with van der Waals surface area (Å²) in [7, 11) is 2.02. The molecule has 1 aliphatic rings. The molecule has 1 fully saturated rings. The number of carbonyl (C=O) groups is 1. The van der Waals surface area contributed by atoms with Crippen molar-refractivity contribution in [3.8, 4) is 0 Å². The number of nitrogens with one attached hydrogen (secondary N) is 1. The number of carbonyl (C=O) groups excluding carboxylic acids is 1. The van der Waals surface area contributed by atoms with Crippen molar-refractivity contribution in [1.82, 2.24) is 10.2 Å². The predicted octanol–water partition coefficient (Wildman–Crippen LogP) is 2.17. The smallest absolute Gasteiger partial charge is 0.234 e. The molecule has 1 saturated carbocycles. The molecule has 0 atom stereocenters. The molecule has 0 aromatic heterocycles. The van der Waals surface area contributed by atoms with Crippen LogP contribution in [-0.4, -0.2) is 37.0 Å². The normalized spacial score (nSPS) is 17.7. The molecule has 1 aliphatic carbocycles. The van der Waals surface area contributed by atoms with Gasteiger partial charge in [-0.3, -0.25) is 9.69 Å². The maximum absolute atomic E-state index is 11.7. The molecule has 1 amide bonds. The van der Waals surface area contributed by atoms with E-state index in [1.54, 1.807) is 0 Å². The van der Waals surface area contributed by atoms with Gasteiger partial charge in [0, 0.05) is 6.04 Å². The number of unbranched alkanes of at least 4 members (excludes halogenated alkanes) is 1. The van der Waals surface area contributed by atoms with Gasteiger partial charge in [0.15, 0.2) is 0 Å². The molecule has 3 heteroatoms. The number of amides is 1. The standard InChI is InChI=1S/C13H26N2O/c1-3-4-10-15(2)11-13(16)14-12-8-6-5-7-9-12/h12H,3-11H2,1-2H3,(H,14,16). The van der Waals surface area contributed by atoms with Gasteiger partial charge in [-0.05, 0) is 32.9 Å². The van der Waals surface area contributed by atoms with Gasteiger partial charge in [0.25, 0.3) is 0 Å². The van der Waals surface area contributed by atoms with Crippen LogP contribution in [0.5, 0.6) is 0 Å². The van der Waals surface area contributed by atoms with Crippen molar-refractivity contribution in [3.05, 3.63) is 0 Å². The van der Waals surface area contributed by atoms with E-state index >= 15 is 0 Å². The summed E-state index contributed by atoms with van der Waals surface area (Å²) in [4.78, 5) is 13.8. The van der Waals surface area contributed by atoms with Gasteiger partial charge in [-0.25, -0.2) is 0 Å². The molecule has 0 heterocycles. The van der Waals surface area contributed by atoms with Crippen molar-refractivity contribution >= 4 is 5.91 Å². The minimum atomic E-state index is 0.200. The van der Waals surface area contributed by atoms with Crippen LogP contribution >= 0.6 is 0 Å². The van der Waals surface area contributed by atoms with Crippen molar-refractivity contribution in [2.24, 2.45) is 0 Å². The Hall–Kier alpha value is -0.570. The zero-order valence-corrected chi connectivity index (χ0v) is 10.8. The molecule has 0 saturated heterocycles. The van der Waals surface area contributed by atoms with E-state index in [2.05, 4.69) is 17.1 Å². The van der Waals surface area contributed by atoms with Crippen molar-refractivity contribution in [2.45, 2.75) is 57.9 Å². The minimum Gasteiger partial charge on any atom is -0.352 e. The van der Waals surface area contributed by atoms with Gasteiger partial charge in [-0.15, -0.1) is 0 Å². The van der Waals surface area contributed by atoms with Crippen molar-refractivity contribution in [1.29, 1.82) is 0 Å². The molecule has 0 bridgehead atoms. The van der Waals surface area contributed by atoms with E-state index in [4.69, 9.17) is 0 Å². The highest BCUT2D eigenvalue weighted by Gasteiger charge is 2.16. The first-order valence-corrected chi connectivity index (χ1v) is 6.70. The maximum atomic E-state index is 11.7. The largest absolute Gasteiger partial charge is 0.352 e. The zero-order chi connectivity index (χ0) is 11.8. The molecular formula is C13H26N2O. The molecule has 0 spiro atoms. The number of hydrogen-bond donors (Lipinski definition) is 1. The Bertz CT molecular complexity index is 200. The second kappa shape index (κ2) is 7.66.